The van der Waals surface area contributed by atoms with Crippen LogP contribution in [0.5, 0.6) is 0 Å². The first kappa shape index (κ1) is 32.4. The zero-order chi connectivity index (χ0) is 31.8. The number of para-hydroxylation sites is 1. The van der Waals surface area contributed by atoms with Gasteiger partial charge in [0.25, 0.3) is 10.0 Å². The van der Waals surface area contributed by atoms with Crippen LogP contribution in [0.3, 0.4) is 0 Å². The summed E-state index contributed by atoms with van der Waals surface area (Å²) in [6.07, 6.45) is 4.20. The average molecular weight is 689 g/mol. The van der Waals surface area contributed by atoms with Gasteiger partial charge in [-0.05, 0) is 66.8 Å². The van der Waals surface area contributed by atoms with Gasteiger partial charge in [-0.15, -0.1) is 0 Å². The molecule has 9 heteroatoms. The third kappa shape index (κ3) is 8.21. The molecule has 4 aromatic rings. The number of carbonyl (C=O) groups excluding carboxylic acids is 2. The topological polar surface area (TPSA) is 86.8 Å². The van der Waals surface area contributed by atoms with Crippen LogP contribution in [-0.4, -0.2) is 43.8 Å². The highest BCUT2D eigenvalue weighted by Crippen LogP contribution is 2.28. The minimum atomic E-state index is -4.13. The van der Waals surface area contributed by atoms with Gasteiger partial charge in [0.2, 0.25) is 11.8 Å². The maximum atomic E-state index is 14.6. The molecule has 0 saturated heterocycles. The van der Waals surface area contributed by atoms with Crippen molar-refractivity contribution in [2.75, 3.05) is 10.8 Å². The fourth-order valence-corrected chi connectivity index (χ4v) is 7.55. The van der Waals surface area contributed by atoms with Crippen LogP contribution in [-0.2, 0) is 32.6 Å². The summed E-state index contributed by atoms with van der Waals surface area (Å²) in [6.45, 7) is 1.48. The van der Waals surface area contributed by atoms with E-state index in [1.54, 1.807) is 35.2 Å². The van der Waals surface area contributed by atoms with E-state index in [-0.39, 0.29) is 29.8 Å². The number of amides is 2. The van der Waals surface area contributed by atoms with E-state index in [0.29, 0.717) is 11.3 Å². The molecular weight excluding hydrogens is 650 g/mol. The van der Waals surface area contributed by atoms with Gasteiger partial charge in [0, 0.05) is 23.5 Å². The predicted molar refractivity (Wildman–Crippen MR) is 181 cm³/mol. The number of rotatable bonds is 12. The smallest absolute Gasteiger partial charge is 0.264 e. The Morgan fingerprint density at radius 1 is 0.822 bits per heavy atom. The second-order valence-electron chi connectivity index (χ2n) is 11.5. The number of hydrogen-bond acceptors (Lipinski definition) is 4. The van der Waals surface area contributed by atoms with E-state index in [4.69, 9.17) is 0 Å². The Kier molecular flexibility index (Phi) is 10.7. The van der Waals surface area contributed by atoms with Gasteiger partial charge in [-0.3, -0.25) is 13.9 Å². The number of carbonyl (C=O) groups is 2. The summed E-state index contributed by atoms with van der Waals surface area (Å²) >= 11 is 3.48. The monoisotopic (exact) mass is 687 g/mol. The largest absolute Gasteiger partial charge is 0.352 e. The van der Waals surface area contributed by atoms with Crippen molar-refractivity contribution in [1.82, 2.24) is 10.2 Å². The summed E-state index contributed by atoms with van der Waals surface area (Å²) in [5.74, 6) is -0.701. The summed E-state index contributed by atoms with van der Waals surface area (Å²) in [5, 5.41) is 3.21. The van der Waals surface area contributed by atoms with Gasteiger partial charge in [-0.25, -0.2) is 8.42 Å². The third-order valence-corrected chi connectivity index (χ3v) is 10.5. The van der Waals surface area contributed by atoms with Crippen molar-refractivity contribution < 1.29 is 18.0 Å². The number of anilines is 1. The molecule has 2 amide bonds. The molecule has 1 N–H and O–H groups in total. The fourth-order valence-electron chi connectivity index (χ4n) is 5.78. The average Bonchev–Trinajstić information content (AvgIpc) is 3.56. The van der Waals surface area contributed by atoms with Crippen molar-refractivity contribution in [3.8, 4) is 0 Å². The Balaban J connectivity index is 1.56. The Labute approximate surface area is 274 Å². The number of halogens is 1. The highest BCUT2D eigenvalue weighted by Gasteiger charge is 2.35. The molecule has 1 atom stereocenters. The van der Waals surface area contributed by atoms with Crippen LogP contribution in [0.15, 0.2) is 119 Å². The van der Waals surface area contributed by atoms with Crippen molar-refractivity contribution in [2.45, 2.75) is 62.6 Å². The van der Waals surface area contributed by atoms with Gasteiger partial charge in [-0.1, -0.05) is 108 Å². The van der Waals surface area contributed by atoms with Crippen molar-refractivity contribution in [1.29, 1.82) is 0 Å². The number of sulfonamides is 1. The molecule has 0 heterocycles. The second-order valence-corrected chi connectivity index (χ2v) is 14.2. The van der Waals surface area contributed by atoms with Gasteiger partial charge in [0.05, 0.1) is 10.6 Å². The number of nitrogens with zero attached hydrogens (tertiary/aromatic N) is 2. The van der Waals surface area contributed by atoms with E-state index in [2.05, 4.69) is 21.2 Å². The second kappa shape index (κ2) is 14.9. The van der Waals surface area contributed by atoms with Crippen LogP contribution in [0.4, 0.5) is 5.69 Å². The van der Waals surface area contributed by atoms with Crippen molar-refractivity contribution >= 4 is 43.5 Å². The first-order chi connectivity index (χ1) is 21.7. The molecule has 0 spiro atoms. The summed E-state index contributed by atoms with van der Waals surface area (Å²) in [4.78, 5) is 30.3. The van der Waals surface area contributed by atoms with Crippen LogP contribution in [0.2, 0.25) is 0 Å². The van der Waals surface area contributed by atoms with Crippen molar-refractivity contribution in [2.24, 2.45) is 0 Å². The minimum absolute atomic E-state index is 0.0577. The molecular formula is C36H38BrN3O4S. The Morgan fingerprint density at radius 3 is 2.07 bits per heavy atom. The Morgan fingerprint density at radius 2 is 1.42 bits per heavy atom. The van der Waals surface area contributed by atoms with Gasteiger partial charge in [0.1, 0.15) is 12.6 Å². The highest BCUT2D eigenvalue weighted by molar-refractivity contribution is 9.10. The molecule has 1 fully saturated rings. The van der Waals surface area contributed by atoms with Crippen LogP contribution in [0.25, 0.3) is 0 Å². The molecule has 0 unspecified atom stereocenters. The van der Waals surface area contributed by atoms with E-state index in [9.17, 15) is 18.0 Å². The zero-order valence-corrected chi connectivity index (χ0v) is 27.7. The molecule has 0 aromatic heterocycles. The first-order valence-corrected chi connectivity index (χ1v) is 17.5. The van der Waals surface area contributed by atoms with Crippen LogP contribution in [0, 0.1) is 6.92 Å². The normalized spacial score (nSPS) is 14.1. The lowest BCUT2D eigenvalue weighted by Crippen LogP contribution is -2.54. The quantitative estimate of drug-likeness (QED) is 0.181. The summed E-state index contributed by atoms with van der Waals surface area (Å²) in [7, 11) is -4.13. The lowest BCUT2D eigenvalue weighted by atomic mass is 10.0. The Bertz CT molecular complexity index is 1690. The number of nitrogens with one attached hydrogen (secondary N) is 1. The number of aryl methyl sites for hydroxylation is 1. The van der Waals surface area contributed by atoms with Crippen molar-refractivity contribution in [3.05, 3.63) is 130 Å². The molecule has 1 aliphatic rings. The van der Waals surface area contributed by atoms with Gasteiger partial charge < -0.3 is 10.2 Å². The van der Waals surface area contributed by atoms with E-state index < -0.39 is 28.5 Å². The van der Waals surface area contributed by atoms with E-state index in [1.807, 2.05) is 73.7 Å². The molecule has 4 aromatic carbocycles. The minimum Gasteiger partial charge on any atom is -0.352 e. The van der Waals surface area contributed by atoms with Crippen LogP contribution >= 0.6 is 15.9 Å². The fraction of sp³-hybridized carbons (Fsp3) is 0.278. The van der Waals surface area contributed by atoms with E-state index in [0.717, 1.165) is 41.3 Å². The van der Waals surface area contributed by atoms with Gasteiger partial charge in [-0.2, -0.15) is 0 Å². The maximum Gasteiger partial charge on any atom is 0.264 e. The molecule has 1 saturated carbocycles. The SMILES string of the molecule is Cc1ccccc1N(CC(=O)N(Cc1ccc(Br)cc1)[C@@H](Cc1ccccc1)C(=O)NC1CCCC1)S(=O)(=O)c1ccccc1. The molecule has 7 nitrogen and oxygen atoms in total. The Hall–Kier alpha value is -3.95. The summed E-state index contributed by atoms with van der Waals surface area (Å²) in [5.41, 5.74) is 2.86. The molecule has 0 bridgehead atoms. The summed E-state index contributed by atoms with van der Waals surface area (Å²) in [6, 6.07) is 31.6. The van der Waals surface area contributed by atoms with Crippen LogP contribution < -0.4 is 9.62 Å². The first-order valence-electron chi connectivity index (χ1n) is 15.2. The molecule has 45 heavy (non-hydrogen) atoms. The van der Waals surface area contributed by atoms with E-state index in [1.165, 1.54) is 16.4 Å². The maximum absolute atomic E-state index is 14.6. The highest BCUT2D eigenvalue weighted by atomic mass is 79.9. The number of benzene rings is 4. The predicted octanol–water partition coefficient (Wildman–Crippen LogP) is 6.65. The third-order valence-electron chi connectivity index (χ3n) is 8.23. The standard InChI is InChI=1S/C36H38BrN3O4S/c1-27-12-8-11-19-33(27)40(45(43,44)32-17-6-3-7-18-32)26-35(41)39(25-29-20-22-30(37)23-21-29)34(24-28-13-4-2-5-14-28)36(42)38-31-15-9-10-16-31/h2-8,11-14,17-23,31,34H,9-10,15-16,24-26H2,1H3,(H,38,42)/t34-/m0/s1. The zero-order valence-electron chi connectivity index (χ0n) is 25.3. The lowest BCUT2D eigenvalue weighted by molar-refractivity contribution is -0.140. The number of hydrogen-bond donors (Lipinski definition) is 1. The van der Waals surface area contributed by atoms with Crippen molar-refractivity contribution in [3.63, 3.8) is 0 Å². The molecule has 0 aliphatic heterocycles. The molecule has 0 radical (unpaired) electrons. The molecule has 234 valence electrons. The van der Waals surface area contributed by atoms with Gasteiger partial charge in [0.15, 0.2) is 0 Å². The van der Waals surface area contributed by atoms with E-state index >= 15 is 0 Å². The molecule has 5 rings (SSSR count). The summed E-state index contributed by atoms with van der Waals surface area (Å²) < 4.78 is 30.3. The van der Waals surface area contributed by atoms with Gasteiger partial charge >= 0.3 is 0 Å². The van der Waals surface area contributed by atoms with Crippen LogP contribution in [0.1, 0.15) is 42.4 Å². The molecule has 1 aliphatic carbocycles. The lowest BCUT2D eigenvalue weighted by Gasteiger charge is -2.34.